The molecule has 158 valence electrons. The van der Waals surface area contributed by atoms with Gasteiger partial charge >= 0.3 is 0 Å². The quantitative estimate of drug-likeness (QED) is 0.465. The molecule has 2 rings (SSSR count). The Morgan fingerprint density at radius 1 is 1.21 bits per heavy atom. The summed E-state index contributed by atoms with van der Waals surface area (Å²) in [6, 6.07) is 12.9. The van der Waals surface area contributed by atoms with Crippen molar-refractivity contribution in [3.8, 4) is 0 Å². The fourth-order valence-electron chi connectivity index (χ4n) is 2.54. The maximum absolute atomic E-state index is 12.3. The van der Waals surface area contributed by atoms with Crippen molar-refractivity contribution in [2.45, 2.75) is 19.1 Å². The number of hydrogen-bond acceptors (Lipinski definition) is 4. The molecular formula is C20H24BrClN2O3S2. The summed E-state index contributed by atoms with van der Waals surface area (Å²) in [5.41, 5.74) is 2.58. The Balaban J connectivity index is 1.78. The van der Waals surface area contributed by atoms with Gasteiger partial charge in [-0.1, -0.05) is 39.7 Å². The van der Waals surface area contributed by atoms with Gasteiger partial charge in [0.25, 0.3) is 0 Å². The average Bonchev–Trinajstić information content (AvgIpc) is 2.65. The Bertz CT molecular complexity index is 937. The van der Waals surface area contributed by atoms with Crippen LogP contribution in [0.2, 0.25) is 5.02 Å². The van der Waals surface area contributed by atoms with Crippen molar-refractivity contribution < 1.29 is 13.2 Å². The highest BCUT2D eigenvalue weighted by Gasteiger charge is 2.21. The SMILES string of the molecule is Cc1cc(N(CC(=O)NCCCSCc2ccc(Cl)cc2)S(C)(=O)=O)ccc1Br. The molecular weight excluding hydrogens is 496 g/mol. The standard InChI is InChI=1S/C20H24BrClN2O3S2/c1-15-12-18(8-9-19(15)21)24(29(2,26)27)13-20(25)23-10-3-11-28-14-16-4-6-17(22)7-5-16/h4-9,12H,3,10-11,13-14H2,1-2H3,(H,23,25). The highest BCUT2D eigenvalue weighted by atomic mass is 79.9. The Labute approximate surface area is 190 Å². The molecule has 29 heavy (non-hydrogen) atoms. The minimum absolute atomic E-state index is 0.238. The molecule has 0 atom stereocenters. The lowest BCUT2D eigenvalue weighted by atomic mass is 10.2. The van der Waals surface area contributed by atoms with Gasteiger partial charge in [0.15, 0.2) is 0 Å². The minimum Gasteiger partial charge on any atom is -0.354 e. The number of benzene rings is 2. The van der Waals surface area contributed by atoms with Crippen molar-refractivity contribution in [1.82, 2.24) is 5.32 Å². The van der Waals surface area contributed by atoms with E-state index >= 15 is 0 Å². The fourth-order valence-corrected chi connectivity index (χ4v) is 4.68. The van der Waals surface area contributed by atoms with Gasteiger partial charge in [-0.25, -0.2) is 8.42 Å². The lowest BCUT2D eigenvalue weighted by Gasteiger charge is -2.22. The second-order valence-electron chi connectivity index (χ2n) is 6.59. The summed E-state index contributed by atoms with van der Waals surface area (Å²) in [4.78, 5) is 12.3. The molecule has 2 aromatic carbocycles. The van der Waals surface area contributed by atoms with E-state index in [1.807, 2.05) is 31.2 Å². The van der Waals surface area contributed by atoms with Crippen LogP contribution in [-0.2, 0) is 20.6 Å². The van der Waals surface area contributed by atoms with Crippen molar-refractivity contribution in [2.75, 3.05) is 29.4 Å². The highest BCUT2D eigenvalue weighted by Crippen LogP contribution is 2.24. The Kier molecular flexibility index (Phi) is 9.33. The number of aryl methyl sites for hydroxylation is 1. The number of carbonyl (C=O) groups excluding carboxylic acids is 1. The third kappa shape index (κ3) is 8.20. The molecule has 0 spiro atoms. The largest absolute Gasteiger partial charge is 0.354 e. The molecule has 0 radical (unpaired) electrons. The maximum atomic E-state index is 12.3. The Hall–Kier alpha value is -1.22. The number of nitrogens with one attached hydrogen (secondary N) is 1. The number of carbonyl (C=O) groups is 1. The van der Waals surface area contributed by atoms with Crippen LogP contribution in [0.5, 0.6) is 0 Å². The number of sulfonamides is 1. The zero-order valence-electron chi connectivity index (χ0n) is 16.3. The molecule has 0 saturated heterocycles. The first-order chi connectivity index (χ1) is 13.7. The van der Waals surface area contributed by atoms with Crippen LogP contribution in [0, 0.1) is 6.92 Å². The first-order valence-corrected chi connectivity index (χ1v) is 13.2. The second-order valence-corrected chi connectivity index (χ2v) is 10.9. The molecule has 0 aliphatic carbocycles. The zero-order chi connectivity index (χ0) is 21.4. The van der Waals surface area contributed by atoms with Crippen molar-refractivity contribution in [3.63, 3.8) is 0 Å². The van der Waals surface area contributed by atoms with E-state index in [2.05, 4.69) is 21.2 Å². The molecule has 5 nitrogen and oxygen atoms in total. The smallest absolute Gasteiger partial charge is 0.240 e. The van der Waals surface area contributed by atoms with Crippen molar-refractivity contribution in [2.24, 2.45) is 0 Å². The van der Waals surface area contributed by atoms with E-state index in [1.54, 1.807) is 30.0 Å². The van der Waals surface area contributed by atoms with Gasteiger partial charge in [-0.3, -0.25) is 9.10 Å². The van der Waals surface area contributed by atoms with E-state index in [0.29, 0.717) is 12.2 Å². The number of rotatable bonds is 10. The van der Waals surface area contributed by atoms with Crippen LogP contribution in [0.1, 0.15) is 17.5 Å². The van der Waals surface area contributed by atoms with Crippen LogP contribution in [-0.4, -0.2) is 39.4 Å². The van der Waals surface area contributed by atoms with Gasteiger partial charge in [-0.05, 0) is 60.6 Å². The minimum atomic E-state index is -3.57. The first kappa shape index (κ1) is 24.1. The monoisotopic (exact) mass is 518 g/mol. The van der Waals surface area contributed by atoms with E-state index in [-0.39, 0.29) is 12.5 Å². The molecule has 0 fully saturated rings. The number of halogens is 2. The van der Waals surface area contributed by atoms with Gasteiger partial charge in [0.05, 0.1) is 11.9 Å². The molecule has 0 unspecified atom stereocenters. The Morgan fingerprint density at radius 2 is 1.90 bits per heavy atom. The first-order valence-electron chi connectivity index (χ1n) is 8.99. The van der Waals surface area contributed by atoms with E-state index in [4.69, 9.17) is 11.6 Å². The normalized spacial score (nSPS) is 11.3. The summed E-state index contributed by atoms with van der Waals surface area (Å²) < 4.78 is 26.3. The highest BCUT2D eigenvalue weighted by molar-refractivity contribution is 9.10. The predicted octanol–water partition coefficient (Wildman–Crippen LogP) is 4.62. The molecule has 2 aromatic rings. The summed E-state index contributed by atoms with van der Waals surface area (Å²) >= 11 is 11.0. The van der Waals surface area contributed by atoms with Crippen LogP contribution in [0.4, 0.5) is 5.69 Å². The molecule has 0 saturated carbocycles. The number of hydrogen-bond donors (Lipinski definition) is 1. The summed E-state index contributed by atoms with van der Waals surface area (Å²) in [5, 5.41) is 3.53. The van der Waals surface area contributed by atoms with Gasteiger partial charge in [-0.15, -0.1) is 0 Å². The van der Waals surface area contributed by atoms with Crippen LogP contribution in [0.15, 0.2) is 46.9 Å². The molecule has 0 aromatic heterocycles. The molecule has 0 heterocycles. The molecule has 0 bridgehead atoms. The number of anilines is 1. The van der Waals surface area contributed by atoms with Crippen molar-refractivity contribution in [3.05, 3.63) is 63.1 Å². The average molecular weight is 520 g/mol. The van der Waals surface area contributed by atoms with Gasteiger partial charge in [0.1, 0.15) is 6.54 Å². The van der Waals surface area contributed by atoms with Crippen LogP contribution >= 0.6 is 39.3 Å². The lowest BCUT2D eigenvalue weighted by Crippen LogP contribution is -2.40. The number of amides is 1. The van der Waals surface area contributed by atoms with Crippen LogP contribution in [0.25, 0.3) is 0 Å². The van der Waals surface area contributed by atoms with E-state index in [0.717, 1.165) is 43.5 Å². The summed E-state index contributed by atoms with van der Waals surface area (Å²) in [5.74, 6) is 1.46. The van der Waals surface area contributed by atoms with Gasteiger partial charge in [0.2, 0.25) is 15.9 Å². The molecule has 0 aliphatic rings. The van der Waals surface area contributed by atoms with Gasteiger partial charge < -0.3 is 5.32 Å². The van der Waals surface area contributed by atoms with E-state index < -0.39 is 10.0 Å². The van der Waals surface area contributed by atoms with E-state index in [1.165, 1.54) is 5.56 Å². The van der Waals surface area contributed by atoms with Gasteiger partial charge in [-0.2, -0.15) is 11.8 Å². The summed E-state index contributed by atoms with van der Waals surface area (Å²) in [6.45, 7) is 2.14. The molecule has 1 N–H and O–H groups in total. The molecule has 1 amide bonds. The van der Waals surface area contributed by atoms with Gasteiger partial charge in [0, 0.05) is 21.8 Å². The zero-order valence-corrected chi connectivity index (χ0v) is 20.3. The predicted molar refractivity (Wildman–Crippen MR) is 126 cm³/mol. The second kappa shape index (κ2) is 11.2. The third-order valence-electron chi connectivity index (χ3n) is 4.09. The van der Waals surface area contributed by atoms with Crippen molar-refractivity contribution >= 4 is 60.9 Å². The topological polar surface area (TPSA) is 66.5 Å². The lowest BCUT2D eigenvalue weighted by molar-refractivity contribution is -0.119. The third-order valence-corrected chi connectivity index (χ3v) is 7.48. The van der Waals surface area contributed by atoms with Crippen molar-refractivity contribution in [1.29, 1.82) is 0 Å². The summed E-state index contributed by atoms with van der Waals surface area (Å²) in [6.07, 6.45) is 1.91. The van der Waals surface area contributed by atoms with Crippen LogP contribution in [0.3, 0.4) is 0 Å². The van der Waals surface area contributed by atoms with Crippen LogP contribution < -0.4 is 9.62 Å². The number of thioether (sulfide) groups is 1. The summed E-state index contributed by atoms with van der Waals surface area (Å²) in [7, 11) is -3.57. The molecule has 0 aliphatic heterocycles. The van der Waals surface area contributed by atoms with E-state index in [9.17, 15) is 13.2 Å². The number of nitrogens with zero attached hydrogens (tertiary/aromatic N) is 1. The Morgan fingerprint density at radius 3 is 2.52 bits per heavy atom. The molecule has 9 heteroatoms. The fraction of sp³-hybridized carbons (Fsp3) is 0.350. The maximum Gasteiger partial charge on any atom is 0.240 e.